The number of ether oxygens (including phenoxy) is 2. The van der Waals surface area contributed by atoms with E-state index in [0.29, 0.717) is 5.82 Å². The zero-order chi connectivity index (χ0) is 55.5. The summed E-state index contributed by atoms with van der Waals surface area (Å²) in [7, 11) is 2.78. The lowest BCUT2D eigenvalue weighted by atomic mass is 9.35. The number of carbonyl (C=O) groups excluding carboxylic acids is 6. The van der Waals surface area contributed by atoms with Crippen LogP contribution in [0.2, 0.25) is 0 Å². The highest BCUT2D eigenvalue weighted by Gasteiger charge is 2.72. The average Bonchev–Trinajstić information content (AvgIpc) is 3.96. The van der Waals surface area contributed by atoms with Crippen LogP contribution in [0.4, 0.5) is 0 Å². The van der Waals surface area contributed by atoms with Crippen LogP contribution in [0, 0.1) is 110 Å². The van der Waals surface area contributed by atoms with Crippen LogP contribution in [0.5, 0.6) is 0 Å². The van der Waals surface area contributed by atoms with E-state index in [1.54, 1.807) is 0 Å². The zero-order valence-electron chi connectivity index (χ0n) is 48.3. The second-order valence-electron chi connectivity index (χ2n) is 29.1. The van der Waals surface area contributed by atoms with E-state index in [1.807, 2.05) is 45.1 Å². The number of allylic oxidation sites excluding steroid dienone is 7. The van der Waals surface area contributed by atoms with Crippen LogP contribution >= 0.6 is 0 Å². The van der Waals surface area contributed by atoms with Crippen LogP contribution in [0.3, 0.4) is 0 Å². The van der Waals surface area contributed by atoms with Gasteiger partial charge in [0.15, 0.2) is 29.0 Å². The van der Waals surface area contributed by atoms with Gasteiger partial charge in [-0.1, -0.05) is 112 Å². The smallest absolute Gasteiger partial charge is 0.341 e. The molecule has 1 aromatic rings. The Morgan fingerprint density at radius 3 is 1.64 bits per heavy atom. The van der Waals surface area contributed by atoms with Gasteiger partial charge in [0.1, 0.15) is 0 Å². The summed E-state index contributed by atoms with van der Waals surface area (Å²) in [5, 5.41) is 4.18. The maximum absolute atomic E-state index is 14.5. The molecule has 10 aliphatic rings. The number of esters is 2. The molecule has 1 heterocycles. The first kappa shape index (κ1) is 54.6. The summed E-state index contributed by atoms with van der Waals surface area (Å²) < 4.78 is 16.3. The maximum Gasteiger partial charge on any atom is 0.341 e. The van der Waals surface area contributed by atoms with Gasteiger partial charge in [-0.05, 0) is 165 Å². The van der Waals surface area contributed by atoms with Crippen LogP contribution in [0.25, 0.3) is 4.85 Å². The minimum Gasteiger partial charge on any atom is -0.469 e. The van der Waals surface area contributed by atoms with E-state index in [-0.39, 0.29) is 126 Å². The molecule has 6 fully saturated rings. The Hall–Kier alpha value is -4.79. The molecule has 0 aromatic carbocycles. The summed E-state index contributed by atoms with van der Waals surface area (Å²) in [6, 6.07) is 0. The summed E-state index contributed by atoms with van der Waals surface area (Å²) in [6.07, 6.45) is 20.1. The molecule has 0 aliphatic heterocycles. The van der Waals surface area contributed by atoms with Gasteiger partial charge in [-0.25, -0.2) is 9.64 Å². The maximum atomic E-state index is 14.5. The first-order valence-corrected chi connectivity index (χ1v) is 28.8. The number of carbonyl (C=O) groups is 6. The van der Waals surface area contributed by atoms with Gasteiger partial charge in [-0.3, -0.25) is 19.2 Å². The van der Waals surface area contributed by atoms with Gasteiger partial charge >= 0.3 is 11.9 Å². The number of hydrogen-bond acceptors (Lipinski definition) is 11. The monoisotopic (exact) mass is 1040 g/mol. The lowest BCUT2D eigenvalue weighted by Crippen LogP contribution is -2.65. The molecular weight excluding hydrogens is 955 g/mol. The Morgan fingerprint density at radius 2 is 1.12 bits per heavy atom. The average molecular weight is 1040 g/mol. The number of aromatic nitrogens is 2. The fourth-order valence-corrected chi connectivity index (χ4v) is 20.1. The highest BCUT2D eigenvalue weighted by Crippen LogP contribution is 2.76. The molecule has 11 rings (SSSR count). The number of fused-ring (bicyclic) bond motifs is 14. The van der Waals surface area contributed by atoms with E-state index in [0.717, 1.165) is 107 Å². The third kappa shape index (κ3) is 7.15. The second kappa shape index (κ2) is 17.4. The van der Waals surface area contributed by atoms with E-state index in [2.05, 4.69) is 79.2 Å². The number of nitrogens with zero attached hydrogens (tertiary/aromatic N) is 3. The highest BCUT2D eigenvalue weighted by atomic mass is 16.5. The minimum atomic E-state index is -0.614. The van der Waals surface area contributed by atoms with Crippen molar-refractivity contribution >= 4 is 35.1 Å². The minimum absolute atomic E-state index is 0.0158. The summed E-state index contributed by atoms with van der Waals surface area (Å²) in [5.74, 6) is -0.0124. The Kier molecular flexibility index (Phi) is 12.5. The van der Waals surface area contributed by atoms with Gasteiger partial charge < -0.3 is 18.8 Å². The third-order valence-electron chi connectivity index (χ3n) is 24.8. The summed E-state index contributed by atoms with van der Waals surface area (Å²) in [5.41, 5.74) is -0.281. The normalized spacial score (nSPS) is 45.4. The van der Waals surface area contributed by atoms with Crippen molar-refractivity contribution in [1.29, 1.82) is 0 Å². The molecule has 10 aliphatic carbocycles. The molecule has 0 saturated heterocycles. The molecule has 76 heavy (non-hydrogen) atoms. The van der Waals surface area contributed by atoms with Gasteiger partial charge in [-0.2, -0.15) is 4.98 Å². The van der Waals surface area contributed by atoms with Crippen molar-refractivity contribution < 1.29 is 42.8 Å². The molecule has 0 N–H and O–H groups in total. The van der Waals surface area contributed by atoms with E-state index in [4.69, 9.17) is 25.6 Å². The number of aryl methyl sites for hydroxylation is 1. The molecule has 12 heteroatoms. The van der Waals surface area contributed by atoms with Crippen LogP contribution in [0.15, 0.2) is 51.2 Å². The second-order valence-corrected chi connectivity index (χ2v) is 29.1. The van der Waals surface area contributed by atoms with Gasteiger partial charge in [0, 0.05) is 34.5 Å². The van der Waals surface area contributed by atoms with Crippen molar-refractivity contribution in [3.05, 3.63) is 69.9 Å². The van der Waals surface area contributed by atoms with Crippen molar-refractivity contribution in [2.24, 2.45) is 96.1 Å². The van der Waals surface area contributed by atoms with E-state index < -0.39 is 22.2 Å². The number of hydrogen-bond donors (Lipinski definition) is 0. The van der Waals surface area contributed by atoms with Gasteiger partial charge in [0.2, 0.25) is 11.6 Å². The Balaban J connectivity index is 0.000000173. The van der Waals surface area contributed by atoms with Gasteiger partial charge in [0.05, 0.1) is 37.2 Å². The third-order valence-corrected chi connectivity index (χ3v) is 24.8. The topological polar surface area (TPSA) is 164 Å². The lowest BCUT2D eigenvalue weighted by Gasteiger charge is -2.68. The zero-order valence-corrected chi connectivity index (χ0v) is 48.3. The molecule has 0 radical (unpaired) electrons. The summed E-state index contributed by atoms with van der Waals surface area (Å²) in [4.78, 5) is 89.4. The molecule has 1 aromatic heterocycles. The van der Waals surface area contributed by atoms with Gasteiger partial charge in [0.25, 0.3) is 0 Å². The fraction of sp³-hybridized carbons (Fsp3) is 0.734. The number of ketones is 4. The van der Waals surface area contributed by atoms with Gasteiger partial charge in [-0.15, -0.1) is 0 Å². The molecular formula is C64H85N3O9. The molecule has 16 atom stereocenters. The van der Waals surface area contributed by atoms with E-state index in [9.17, 15) is 28.8 Å². The summed E-state index contributed by atoms with van der Waals surface area (Å²) in [6.45, 7) is 36.2. The SMILES string of the molecule is COC(=O)C1=C[C@]2(C)C3=CC(=O)[C@@H]4[C@@H]5CC(C)(C)CC[C@]5(C(=O)OC)CC[C@@]4(C)[C@]3(C)CC[C@H]2[C@H](C)C1=O.[C-]#[N+]C1=C[C@]2(C)C3=CC(=O)[C@@H]4[C@@H]5CC(C)(C)CC[C@]5(c5nc(C)no5)CC[C@@]4(C)[C@]3(C)CC[C@H]2[C@H](C)C1=O. The van der Waals surface area contributed by atoms with Crippen LogP contribution in [-0.2, 0) is 43.7 Å². The Bertz CT molecular complexity index is 2910. The lowest BCUT2D eigenvalue weighted by molar-refractivity contribution is -0.190. The molecule has 0 amide bonds. The number of Topliss-reactive ketones (excluding diaryl/α,β-unsaturated/α-hetero) is 2. The largest absolute Gasteiger partial charge is 0.469 e. The highest BCUT2D eigenvalue weighted by molar-refractivity contribution is 6.19. The predicted octanol–water partition coefficient (Wildman–Crippen LogP) is 12.5. The molecule has 0 spiro atoms. The quantitative estimate of drug-likeness (QED) is 0.161. The Morgan fingerprint density at radius 1 is 0.632 bits per heavy atom. The molecule has 410 valence electrons. The Labute approximate surface area is 451 Å². The van der Waals surface area contributed by atoms with Crippen molar-refractivity contribution in [3.63, 3.8) is 0 Å². The van der Waals surface area contributed by atoms with Crippen LogP contribution in [-0.4, -0.2) is 59.4 Å². The first-order chi connectivity index (χ1) is 35.3. The van der Waals surface area contributed by atoms with Crippen molar-refractivity contribution in [2.45, 2.75) is 185 Å². The molecule has 6 saturated carbocycles. The summed E-state index contributed by atoms with van der Waals surface area (Å²) >= 11 is 0. The predicted molar refractivity (Wildman–Crippen MR) is 286 cm³/mol. The van der Waals surface area contributed by atoms with Crippen molar-refractivity contribution in [3.8, 4) is 0 Å². The number of rotatable bonds is 3. The van der Waals surface area contributed by atoms with Crippen molar-refractivity contribution in [1.82, 2.24) is 10.1 Å². The standard InChI is InChI=1S/C32H41N3O3.C32H44O6/c1-18-20-9-10-30(6)24(29(20,5)17-22(33-8)26(18)37)15-23(36)25-21-16-28(3,4)11-13-32(21,14-12-31(25,30)7)27-34-19(2)35-38-27;1-18-20-9-10-30(5)23(29(20,4)16-19(25(18)34)26(35)37-7)15-22(33)24-21-17-28(2,3)11-13-32(21,27(36)38-8)14-12-31(24,30)6/h15,17-18,20-21,25H,9-14,16H2,1-7H3;15-16,18,20-21,24H,9-14,17H2,1-8H3/t18-,20-,21-,25-,29-,30+,31+,32-;18-,20-,21-,24-,29-,30+,31+,32-/m00/s1. The van der Waals surface area contributed by atoms with E-state index >= 15 is 0 Å². The molecule has 12 nitrogen and oxygen atoms in total. The van der Waals surface area contributed by atoms with Crippen LogP contribution in [0.1, 0.15) is 185 Å². The van der Waals surface area contributed by atoms with Crippen LogP contribution < -0.4 is 0 Å². The van der Waals surface area contributed by atoms with E-state index in [1.165, 1.54) is 14.2 Å². The van der Waals surface area contributed by atoms with Crippen molar-refractivity contribution in [2.75, 3.05) is 14.2 Å². The first-order valence-electron chi connectivity index (χ1n) is 28.8. The number of methoxy groups -OCH3 is 2. The molecule has 0 unspecified atom stereocenters. The fourth-order valence-electron chi connectivity index (χ4n) is 20.1. The molecule has 0 bridgehead atoms.